The number of nitrogens with zero attached hydrogens (tertiary/aromatic N) is 2. The Morgan fingerprint density at radius 3 is 2.47 bits per heavy atom. The lowest BCUT2D eigenvalue weighted by Crippen LogP contribution is -2.10. The third kappa shape index (κ3) is 3.16. The molecule has 3 nitrogen and oxygen atoms in total. The van der Waals surface area contributed by atoms with Crippen LogP contribution in [0.4, 0.5) is 5.82 Å². The number of aromatic nitrogens is 2. The predicted octanol–water partition coefficient (Wildman–Crippen LogP) is 3.66. The first-order valence-electron chi connectivity index (χ1n) is 6.68. The molecule has 2 rings (SSSR count). The van der Waals surface area contributed by atoms with E-state index in [0.717, 1.165) is 17.8 Å². The van der Waals surface area contributed by atoms with Crippen LogP contribution in [-0.4, -0.2) is 9.78 Å². The van der Waals surface area contributed by atoms with Crippen molar-refractivity contribution in [3.05, 3.63) is 41.1 Å². The Labute approximate surface area is 115 Å². The zero-order chi connectivity index (χ0) is 14.2. The van der Waals surface area contributed by atoms with Crippen molar-refractivity contribution >= 4 is 5.82 Å². The van der Waals surface area contributed by atoms with Crippen molar-refractivity contribution in [2.45, 2.75) is 41.0 Å². The normalized spacial score (nSPS) is 11.8. The zero-order valence-electron chi connectivity index (χ0n) is 12.5. The Balaban J connectivity index is 2.43. The molecule has 3 heteroatoms. The molecule has 0 saturated carbocycles. The highest BCUT2D eigenvalue weighted by molar-refractivity contribution is 5.48. The van der Waals surface area contributed by atoms with Crippen LogP contribution in [0.5, 0.6) is 0 Å². The van der Waals surface area contributed by atoms with Crippen LogP contribution in [-0.2, 0) is 6.42 Å². The van der Waals surface area contributed by atoms with Gasteiger partial charge in [0.05, 0.1) is 11.4 Å². The molecule has 2 aromatic rings. The fourth-order valence-electron chi connectivity index (χ4n) is 2.22. The van der Waals surface area contributed by atoms with Gasteiger partial charge in [-0.15, -0.1) is 0 Å². The Bertz CT molecular complexity index is 589. The van der Waals surface area contributed by atoms with Crippen molar-refractivity contribution in [1.82, 2.24) is 9.78 Å². The van der Waals surface area contributed by atoms with E-state index < -0.39 is 0 Å². The summed E-state index contributed by atoms with van der Waals surface area (Å²) in [6, 6.07) is 8.32. The summed E-state index contributed by atoms with van der Waals surface area (Å²) >= 11 is 0. The quantitative estimate of drug-likeness (QED) is 0.892. The molecule has 0 fully saturated rings. The molecule has 102 valence electrons. The van der Waals surface area contributed by atoms with E-state index in [-0.39, 0.29) is 5.41 Å². The zero-order valence-corrected chi connectivity index (χ0v) is 12.5. The molecule has 0 spiro atoms. The second-order valence-corrected chi connectivity index (χ2v) is 6.50. The van der Waals surface area contributed by atoms with Gasteiger partial charge in [-0.1, -0.05) is 32.9 Å². The standard InChI is InChI=1S/C16H23N3/c1-11-6-7-12(2)14(8-11)19-15(17)9-13(18-19)10-16(3,4)5/h6-9H,10,17H2,1-5H3. The molecular weight excluding hydrogens is 234 g/mol. The number of aryl methyl sites for hydroxylation is 2. The minimum Gasteiger partial charge on any atom is -0.384 e. The smallest absolute Gasteiger partial charge is 0.127 e. The highest BCUT2D eigenvalue weighted by Gasteiger charge is 2.16. The van der Waals surface area contributed by atoms with E-state index in [1.807, 2.05) is 10.7 Å². The van der Waals surface area contributed by atoms with E-state index in [1.54, 1.807) is 0 Å². The molecule has 0 saturated heterocycles. The number of rotatable bonds is 2. The molecule has 0 unspecified atom stereocenters. The van der Waals surface area contributed by atoms with Gasteiger partial charge in [-0.25, -0.2) is 4.68 Å². The predicted molar refractivity (Wildman–Crippen MR) is 80.6 cm³/mol. The van der Waals surface area contributed by atoms with Gasteiger partial charge in [0.1, 0.15) is 5.82 Å². The van der Waals surface area contributed by atoms with E-state index in [4.69, 9.17) is 5.73 Å². The molecule has 1 heterocycles. The van der Waals surface area contributed by atoms with Gasteiger partial charge in [0.25, 0.3) is 0 Å². The molecule has 0 atom stereocenters. The molecule has 0 bridgehead atoms. The lowest BCUT2D eigenvalue weighted by Gasteiger charge is -2.15. The van der Waals surface area contributed by atoms with Crippen LogP contribution in [0, 0.1) is 19.3 Å². The third-order valence-corrected chi connectivity index (χ3v) is 3.09. The molecule has 2 N–H and O–H groups in total. The third-order valence-electron chi connectivity index (χ3n) is 3.09. The van der Waals surface area contributed by atoms with Gasteiger partial charge < -0.3 is 5.73 Å². The minimum absolute atomic E-state index is 0.216. The van der Waals surface area contributed by atoms with Gasteiger partial charge in [0.15, 0.2) is 0 Å². The van der Waals surface area contributed by atoms with Gasteiger partial charge >= 0.3 is 0 Å². The molecule has 0 amide bonds. The molecule has 1 aromatic heterocycles. The second-order valence-electron chi connectivity index (χ2n) is 6.50. The first-order valence-corrected chi connectivity index (χ1v) is 6.68. The molecular formula is C16H23N3. The topological polar surface area (TPSA) is 43.8 Å². The van der Waals surface area contributed by atoms with E-state index in [2.05, 4.69) is 57.9 Å². The van der Waals surface area contributed by atoms with Crippen molar-refractivity contribution in [2.24, 2.45) is 5.41 Å². The highest BCUT2D eigenvalue weighted by atomic mass is 15.3. The summed E-state index contributed by atoms with van der Waals surface area (Å²) in [6.07, 6.45) is 0.926. The van der Waals surface area contributed by atoms with Crippen LogP contribution in [0.15, 0.2) is 24.3 Å². The molecule has 0 aliphatic rings. The highest BCUT2D eigenvalue weighted by Crippen LogP contribution is 2.24. The number of anilines is 1. The molecule has 0 radical (unpaired) electrons. The maximum Gasteiger partial charge on any atom is 0.127 e. The monoisotopic (exact) mass is 257 g/mol. The first-order chi connectivity index (χ1) is 8.76. The van der Waals surface area contributed by atoms with E-state index in [9.17, 15) is 0 Å². The number of benzene rings is 1. The summed E-state index contributed by atoms with van der Waals surface area (Å²) in [4.78, 5) is 0. The van der Waals surface area contributed by atoms with Crippen molar-refractivity contribution < 1.29 is 0 Å². The first kappa shape index (κ1) is 13.7. The van der Waals surface area contributed by atoms with E-state index >= 15 is 0 Å². The fraction of sp³-hybridized carbons (Fsp3) is 0.438. The van der Waals surface area contributed by atoms with Gasteiger partial charge in [-0.3, -0.25) is 0 Å². The van der Waals surface area contributed by atoms with Crippen LogP contribution in [0.25, 0.3) is 5.69 Å². The van der Waals surface area contributed by atoms with E-state index in [0.29, 0.717) is 5.82 Å². The largest absolute Gasteiger partial charge is 0.384 e. The minimum atomic E-state index is 0.216. The maximum absolute atomic E-state index is 6.11. The van der Waals surface area contributed by atoms with E-state index in [1.165, 1.54) is 11.1 Å². The summed E-state index contributed by atoms with van der Waals surface area (Å²) < 4.78 is 1.85. The summed E-state index contributed by atoms with van der Waals surface area (Å²) in [5.74, 6) is 0.702. The van der Waals surface area contributed by atoms with Crippen molar-refractivity contribution in [3.63, 3.8) is 0 Å². The Hall–Kier alpha value is -1.77. The summed E-state index contributed by atoms with van der Waals surface area (Å²) in [5, 5.41) is 4.66. The van der Waals surface area contributed by atoms with Gasteiger partial charge in [-0.05, 0) is 42.9 Å². The SMILES string of the molecule is Cc1ccc(C)c(-n2nc(CC(C)(C)C)cc2N)c1. The lowest BCUT2D eigenvalue weighted by molar-refractivity contribution is 0.405. The summed E-state index contributed by atoms with van der Waals surface area (Å²) in [6.45, 7) is 10.8. The molecule has 19 heavy (non-hydrogen) atoms. The summed E-state index contributed by atoms with van der Waals surface area (Å²) in [7, 11) is 0. The van der Waals surface area contributed by atoms with Crippen LogP contribution in [0.1, 0.15) is 37.6 Å². The average Bonchev–Trinajstić information content (AvgIpc) is 2.60. The van der Waals surface area contributed by atoms with Crippen molar-refractivity contribution in [3.8, 4) is 5.69 Å². The Morgan fingerprint density at radius 1 is 1.16 bits per heavy atom. The average molecular weight is 257 g/mol. The number of hydrogen-bond acceptors (Lipinski definition) is 2. The number of hydrogen-bond donors (Lipinski definition) is 1. The van der Waals surface area contributed by atoms with Crippen LogP contribution >= 0.6 is 0 Å². The Morgan fingerprint density at radius 2 is 1.84 bits per heavy atom. The Kier molecular flexibility index (Phi) is 3.40. The molecule has 0 aliphatic heterocycles. The van der Waals surface area contributed by atoms with Crippen LogP contribution in [0.2, 0.25) is 0 Å². The maximum atomic E-state index is 6.11. The molecule has 1 aromatic carbocycles. The number of nitrogen functional groups attached to an aromatic ring is 1. The summed E-state index contributed by atoms with van der Waals surface area (Å²) in [5.41, 5.74) is 10.8. The van der Waals surface area contributed by atoms with Gasteiger partial charge in [0.2, 0.25) is 0 Å². The number of nitrogens with two attached hydrogens (primary N) is 1. The van der Waals surface area contributed by atoms with Crippen LogP contribution < -0.4 is 5.73 Å². The van der Waals surface area contributed by atoms with Crippen molar-refractivity contribution in [1.29, 1.82) is 0 Å². The van der Waals surface area contributed by atoms with Crippen molar-refractivity contribution in [2.75, 3.05) is 5.73 Å². The van der Waals surface area contributed by atoms with Gasteiger partial charge in [0, 0.05) is 6.07 Å². The van der Waals surface area contributed by atoms with Gasteiger partial charge in [-0.2, -0.15) is 5.10 Å². The molecule has 0 aliphatic carbocycles. The second kappa shape index (κ2) is 4.72. The lowest BCUT2D eigenvalue weighted by atomic mass is 9.91. The van der Waals surface area contributed by atoms with Crippen LogP contribution in [0.3, 0.4) is 0 Å². The fourth-order valence-corrected chi connectivity index (χ4v) is 2.22.